The summed E-state index contributed by atoms with van der Waals surface area (Å²) in [5, 5.41) is 11.1. The van der Waals surface area contributed by atoms with Crippen LogP contribution in [0.4, 0.5) is 9.18 Å². The highest BCUT2D eigenvalue weighted by Crippen LogP contribution is 2.32. The van der Waals surface area contributed by atoms with Crippen LogP contribution in [0.3, 0.4) is 0 Å². The van der Waals surface area contributed by atoms with Crippen molar-refractivity contribution in [3.05, 3.63) is 51.7 Å². The zero-order chi connectivity index (χ0) is 48.9. The first-order valence-electron chi connectivity index (χ1n) is 23.7. The number of nitrogens with one attached hydrogen (secondary N) is 3. The molecule has 4 amide bonds. The van der Waals surface area contributed by atoms with Crippen LogP contribution >= 0.6 is 11.3 Å². The van der Waals surface area contributed by atoms with E-state index in [-0.39, 0.29) is 60.7 Å². The van der Waals surface area contributed by atoms with Gasteiger partial charge in [-0.1, -0.05) is 80.4 Å². The topological polar surface area (TPSA) is 168 Å². The Hall–Kier alpha value is -4.15. The Labute approximate surface area is 392 Å². The van der Waals surface area contributed by atoms with E-state index in [1.165, 1.54) is 23.5 Å². The fourth-order valence-corrected chi connectivity index (χ4v) is 8.17. The molecule has 1 aromatic carbocycles. The van der Waals surface area contributed by atoms with Crippen LogP contribution in [0.15, 0.2) is 29.6 Å². The molecule has 65 heavy (non-hydrogen) atoms. The van der Waals surface area contributed by atoms with Crippen LogP contribution < -0.4 is 16.0 Å². The van der Waals surface area contributed by atoms with Gasteiger partial charge in [-0.2, -0.15) is 0 Å². The lowest BCUT2D eigenvalue weighted by Gasteiger charge is -2.39. The Morgan fingerprint density at radius 3 is 2.15 bits per heavy atom. The van der Waals surface area contributed by atoms with Crippen molar-refractivity contribution in [2.75, 3.05) is 39.8 Å². The summed E-state index contributed by atoms with van der Waals surface area (Å²) in [6.45, 7) is 25.0. The third kappa shape index (κ3) is 20.9. The molecule has 2 rings (SSSR count). The molecule has 0 spiro atoms. The molecule has 7 atom stereocenters. The second-order valence-corrected chi connectivity index (χ2v) is 19.7. The lowest BCUT2D eigenvalue weighted by molar-refractivity contribution is -0.152. The predicted molar refractivity (Wildman–Crippen MR) is 255 cm³/mol. The first-order chi connectivity index (χ1) is 30.6. The molecule has 16 heteroatoms. The average Bonchev–Trinajstić information content (AvgIpc) is 3.74. The van der Waals surface area contributed by atoms with Gasteiger partial charge in [0.15, 0.2) is 0 Å². The minimum Gasteiger partial charge on any atom is -0.461 e. The number of amides is 4. The summed E-state index contributed by atoms with van der Waals surface area (Å²) in [4.78, 5) is 76.0. The number of carbonyl (C=O) groups excluding carboxylic acids is 5. The van der Waals surface area contributed by atoms with E-state index in [9.17, 15) is 28.4 Å². The van der Waals surface area contributed by atoms with Gasteiger partial charge in [0, 0.05) is 37.0 Å². The number of unbranched alkanes of at least 4 members (excludes halogenated alkanes) is 1. The van der Waals surface area contributed by atoms with Gasteiger partial charge in [0.25, 0.3) is 5.91 Å². The van der Waals surface area contributed by atoms with Crippen molar-refractivity contribution in [2.24, 2.45) is 17.8 Å². The second-order valence-electron chi connectivity index (χ2n) is 18.8. The van der Waals surface area contributed by atoms with Crippen LogP contribution in [0.2, 0.25) is 0 Å². The van der Waals surface area contributed by atoms with Gasteiger partial charge in [-0.05, 0) is 103 Å². The molecular formula is C49H81FN6O8S. The largest absolute Gasteiger partial charge is 0.461 e. The van der Waals surface area contributed by atoms with Crippen molar-refractivity contribution in [3.8, 4) is 0 Å². The zero-order valence-corrected chi connectivity index (χ0v) is 42.4. The fraction of sp³-hybridized carbons (Fsp3) is 0.714. The number of alkyl carbamates (subject to hydrolysis) is 1. The minimum atomic E-state index is -0.693. The summed E-state index contributed by atoms with van der Waals surface area (Å²) < 4.78 is 31.2. The molecule has 1 heterocycles. The van der Waals surface area contributed by atoms with Gasteiger partial charge in [0.1, 0.15) is 40.4 Å². The third-order valence-electron chi connectivity index (χ3n) is 11.0. The molecule has 0 aliphatic heterocycles. The van der Waals surface area contributed by atoms with E-state index in [0.29, 0.717) is 37.4 Å². The van der Waals surface area contributed by atoms with E-state index < -0.39 is 53.8 Å². The van der Waals surface area contributed by atoms with Gasteiger partial charge < -0.3 is 35.1 Å². The Morgan fingerprint density at radius 1 is 0.892 bits per heavy atom. The summed E-state index contributed by atoms with van der Waals surface area (Å²) in [5.41, 5.74) is 0.272. The standard InChI is InChI=1S/C49H81FN6O8S/c1-14-18-24-55(13)30-42(57)54-43(33(7)17-4)46(59)56(23-15-2)40(32(5)6)28-41(62-25-16-3)45-53-39(31-65-45)44(58)52-38(27-36-19-21-37(50)22-20-36)26-34(8)47(60)63-35(9)29-51-48(61)64-49(10,11)12/h19-22,31-35,38,40-41,43H,14-18,23-30H2,1-13H3,(H,51,61)(H,52,58)(H,54,57)/t33-,34-,35?,38+,40+,41+,43-/m0/s1. The number of hydrogen-bond donors (Lipinski definition) is 3. The van der Waals surface area contributed by atoms with Crippen LogP contribution in [0.1, 0.15) is 155 Å². The molecule has 0 saturated carbocycles. The molecule has 1 unspecified atom stereocenters. The van der Waals surface area contributed by atoms with Crippen LogP contribution in [0.5, 0.6) is 0 Å². The summed E-state index contributed by atoms with van der Waals surface area (Å²) in [5.74, 6) is -2.34. The Morgan fingerprint density at radius 2 is 1.57 bits per heavy atom. The van der Waals surface area contributed by atoms with Crippen molar-refractivity contribution in [2.45, 2.75) is 170 Å². The van der Waals surface area contributed by atoms with Crippen molar-refractivity contribution >= 4 is 41.1 Å². The number of ether oxygens (including phenoxy) is 3. The number of thiazole rings is 1. The quantitative estimate of drug-likeness (QED) is 0.0673. The van der Waals surface area contributed by atoms with Gasteiger partial charge >= 0.3 is 12.1 Å². The van der Waals surface area contributed by atoms with E-state index in [2.05, 4.69) is 36.7 Å². The fourth-order valence-electron chi connectivity index (χ4n) is 7.31. The van der Waals surface area contributed by atoms with Gasteiger partial charge in [-0.25, -0.2) is 14.2 Å². The second kappa shape index (κ2) is 28.8. The Kier molecular flexibility index (Phi) is 25.2. The molecule has 368 valence electrons. The Bertz CT molecular complexity index is 1750. The van der Waals surface area contributed by atoms with Gasteiger partial charge in [0.05, 0.1) is 19.0 Å². The summed E-state index contributed by atoms with van der Waals surface area (Å²) >= 11 is 1.31. The highest BCUT2D eigenvalue weighted by atomic mass is 32.1. The number of benzene rings is 1. The number of hydrogen-bond acceptors (Lipinski definition) is 11. The molecule has 2 aromatic rings. The molecule has 1 aromatic heterocycles. The van der Waals surface area contributed by atoms with Gasteiger partial charge in [-0.15, -0.1) is 11.3 Å². The maximum Gasteiger partial charge on any atom is 0.407 e. The minimum absolute atomic E-state index is 0.0274. The molecule has 0 aliphatic rings. The maximum absolute atomic E-state index is 14.6. The normalized spacial score (nSPS) is 15.0. The predicted octanol–water partition coefficient (Wildman–Crippen LogP) is 8.49. The highest BCUT2D eigenvalue weighted by Gasteiger charge is 2.37. The summed E-state index contributed by atoms with van der Waals surface area (Å²) in [6.07, 6.45) is 3.35. The number of likely N-dealkylation sites (N-methyl/N-ethyl adjacent to an activating group) is 1. The van der Waals surface area contributed by atoms with Crippen LogP contribution in [0.25, 0.3) is 0 Å². The monoisotopic (exact) mass is 933 g/mol. The van der Waals surface area contributed by atoms with Crippen molar-refractivity contribution in [1.82, 2.24) is 30.7 Å². The SMILES string of the molecule is CCCCN(C)CC(=O)N[C@H](C(=O)N(CCC)[C@H](C[C@@H](OCCC)c1nc(C(=O)N[C@@H](Cc2ccc(F)cc2)C[C@H](C)C(=O)OC(C)CNC(=O)OC(C)(C)C)cs1)C(C)C)[C@@H](C)CC. The zero-order valence-electron chi connectivity index (χ0n) is 41.6. The number of carbonyl (C=O) groups is 5. The molecule has 3 N–H and O–H groups in total. The van der Waals surface area contributed by atoms with E-state index in [1.807, 2.05) is 44.5 Å². The van der Waals surface area contributed by atoms with Gasteiger partial charge in [0.2, 0.25) is 11.8 Å². The highest BCUT2D eigenvalue weighted by molar-refractivity contribution is 7.09. The molecule has 0 bridgehead atoms. The maximum atomic E-state index is 14.6. The van der Waals surface area contributed by atoms with Crippen molar-refractivity contribution in [1.29, 1.82) is 0 Å². The van der Waals surface area contributed by atoms with E-state index in [0.717, 1.165) is 37.8 Å². The van der Waals surface area contributed by atoms with E-state index in [1.54, 1.807) is 52.1 Å². The number of rotatable bonds is 29. The first kappa shape index (κ1) is 57.0. The smallest absolute Gasteiger partial charge is 0.407 e. The lowest BCUT2D eigenvalue weighted by Crippen LogP contribution is -2.56. The molecule has 0 radical (unpaired) electrons. The number of aromatic nitrogens is 1. The van der Waals surface area contributed by atoms with Crippen LogP contribution in [-0.2, 0) is 35.0 Å². The molecule has 0 saturated heterocycles. The van der Waals surface area contributed by atoms with E-state index in [4.69, 9.17) is 19.2 Å². The Balaban J connectivity index is 2.34. The number of halogens is 1. The van der Waals surface area contributed by atoms with Crippen LogP contribution in [0, 0.1) is 23.6 Å². The van der Waals surface area contributed by atoms with E-state index >= 15 is 0 Å². The summed E-state index contributed by atoms with van der Waals surface area (Å²) in [6, 6.07) is 4.47. The molecule has 14 nitrogen and oxygen atoms in total. The van der Waals surface area contributed by atoms with Crippen molar-refractivity contribution in [3.63, 3.8) is 0 Å². The number of nitrogens with zero attached hydrogens (tertiary/aromatic N) is 3. The third-order valence-corrected chi connectivity index (χ3v) is 12.0. The van der Waals surface area contributed by atoms with Gasteiger partial charge in [-0.3, -0.25) is 24.1 Å². The average molecular weight is 933 g/mol. The first-order valence-corrected chi connectivity index (χ1v) is 24.6. The van der Waals surface area contributed by atoms with Crippen molar-refractivity contribution < 1.29 is 42.6 Å². The molecular weight excluding hydrogens is 852 g/mol. The lowest BCUT2D eigenvalue weighted by atomic mass is 9.92. The molecule has 0 aliphatic carbocycles. The van der Waals surface area contributed by atoms with Crippen LogP contribution in [-0.4, -0.2) is 114 Å². The summed E-state index contributed by atoms with van der Waals surface area (Å²) in [7, 11) is 1.92. The molecule has 0 fully saturated rings. The number of esters is 1.